The zero-order valence-corrected chi connectivity index (χ0v) is 21.9. The SMILES string of the molecule is COCCOCc1ccc2ccc(CN3CCC(NC(=O)C4(c5ccccc5)CC4)CC3)cc2c1.Cl. The van der Waals surface area contributed by atoms with Crippen LogP contribution in [0.15, 0.2) is 66.7 Å². The van der Waals surface area contributed by atoms with E-state index >= 15 is 0 Å². The van der Waals surface area contributed by atoms with Gasteiger partial charge in [0, 0.05) is 32.8 Å². The Morgan fingerprint density at radius 1 is 0.944 bits per heavy atom. The van der Waals surface area contributed by atoms with E-state index < -0.39 is 0 Å². The number of halogens is 1. The third-order valence-corrected chi connectivity index (χ3v) is 7.51. The number of fused-ring (bicyclic) bond motifs is 1. The van der Waals surface area contributed by atoms with E-state index in [1.165, 1.54) is 21.9 Å². The molecule has 5 nitrogen and oxygen atoms in total. The highest BCUT2D eigenvalue weighted by Crippen LogP contribution is 2.48. The zero-order valence-electron chi connectivity index (χ0n) is 21.1. The third-order valence-electron chi connectivity index (χ3n) is 7.51. The van der Waals surface area contributed by atoms with Gasteiger partial charge in [-0.15, -0.1) is 12.4 Å². The first-order valence-corrected chi connectivity index (χ1v) is 12.8. The van der Waals surface area contributed by atoms with Crippen molar-refractivity contribution in [2.24, 2.45) is 0 Å². The van der Waals surface area contributed by atoms with Gasteiger partial charge in [-0.3, -0.25) is 9.69 Å². The maximum atomic E-state index is 13.1. The summed E-state index contributed by atoms with van der Waals surface area (Å²) in [5.74, 6) is 0.221. The fraction of sp³-hybridized carbons (Fsp3) is 0.433. The molecule has 0 bridgehead atoms. The smallest absolute Gasteiger partial charge is 0.230 e. The van der Waals surface area contributed by atoms with Crippen LogP contribution in [0.4, 0.5) is 0 Å². The molecule has 0 unspecified atom stereocenters. The van der Waals surface area contributed by atoms with Gasteiger partial charge in [0.2, 0.25) is 5.91 Å². The molecule has 0 aromatic heterocycles. The van der Waals surface area contributed by atoms with Crippen molar-refractivity contribution < 1.29 is 14.3 Å². The zero-order chi connectivity index (χ0) is 24.1. The Morgan fingerprint density at radius 2 is 1.64 bits per heavy atom. The van der Waals surface area contributed by atoms with Crippen LogP contribution in [-0.4, -0.2) is 50.3 Å². The number of likely N-dealkylation sites (tertiary alicyclic amines) is 1. The van der Waals surface area contributed by atoms with E-state index in [9.17, 15) is 4.79 Å². The lowest BCUT2D eigenvalue weighted by atomic mass is 9.94. The number of carbonyl (C=O) groups is 1. The van der Waals surface area contributed by atoms with Crippen LogP contribution in [0.25, 0.3) is 10.8 Å². The summed E-state index contributed by atoms with van der Waals surface area (Å²) in [4.78, 5) is 15.6. The molecule has 192 valence electrons. The minimum Gasteiger partial charge on any atom is -0.382 e. The first-order chi connectivity index (χ1) is 17.2. The van der Waals surface area contributed by atoms with Crippen LogP contribution < -0.4 is 5.32 Å². The summed E-state index contributed by atoms with van der Waals surface area (Å²) in [6.07, 6.45) is 3.94. The van der Waals surface area contributed by atoms with Crippen molar-refractivity contribution in [1.29, 1.82) is 0 Å². The van der Waals surface area contributed by atoms with Crippen molar-refractivity contribution in [3.63, 3.8) is 0 Å². The maximum absolute atomic E-state index is 13.1. The van der Waals surface area contributed by atoms with Crippen LogP contribution >= 0.6 is 12.4 Å². The first kappa shape index (κ1) is 26.6. The number of hydrogen-bond donors (Lipinski definition) is 1. The van der Waals surface area contributed by atoms with Crippen LogP contribution in [-0.2, 0) is 32.8 Å². The predicted octanol–water partition coefficient (Wildman–Crippen LogP) is 5.24. The minimum atomic E-state index is -0.281. The Labute approximate surface area is 220 Å². The molecule has 2 aliphatic rings. The molecule has 2 fully saturated rings. The molecule has 0 spiro atoms. The number of rotatable bonds is 10. The van der Waals surface area contributed by atoms with E-state index in [1.54, 1.807) is 7.11 Å². The van der Waals surface area contributed by atoms with Gasteiger partial charge in [0.05, 0.1) is 25.2 Å². The molecular weight excluding hydrogens is 472 g/mol. The summed E-state index contributed by atoms with van der Waals surface area (Å²) < 4.78 is 10.7. The average molecular weight is 509 g/mol. The number of piperidine rings is 1. The van der Waals surface area contributed by atoms with Crippen LogP contribution in [0.3, 0.4) is 0 Å². The van der Waals surface area contributed by atoms with Gasteiger partial charge in [0.1, 0.15) is 0 Å². The van der Waals surface area contributed by atoms with E-state index in [4.69, 9.17) is 9.47 Å². The summed E-state index contributed by atoms with van der Waals surface area (Å²) >= 11 is 0. The van der Waals surface area contributed by atoms with E-state index in [0.717, 1.165) is 50.9 Å². The van der Waals surface area contributed by atoms with Gasteiger partial charge < -0.3 is 14.8 Å². The molecule has 0 radical (unpaired) electrons. The Bertz CT molecular complexity index is 1140. The molecule has 1 saturated heterocycles. The van der Waals surface area contributed by atoms with E-state index in [2.05, 4.69) is 58.7 Å². The summed E-state index contributed by atoms with van der Waals surface area (Å²) in [7, 11) is 1.69. The Kier molecular flexibility index (Phi) is 9.02. The van der Waals surface area contributed by atoms with Crippen LogP contribution in [0.2, 0.25) is 0 Å². The number of nitrogens with one attached hydrogen (secondary N) is 1. The third kappa shape index (κ3) is 6.27. The summed E-state index contributed by atoms with van der Waals surface area (Å²) in [5, 5.41) is 5.88. The van der Waals surface area contributed by atoms with Crippen LogP contribution in [0.5, 0.6) is 0 Å². The van der Waals surface area contributed by atoms with Crippen molar-refractivity contribution in [1.82, 2.24) is 10.2 Å². The topological polar surface area (TPSA) is 50.8 Å². The van der Waals surface area contributed by atoms with Crippen molar-refractivity contribution >= 4 is 29.1 Å². The van der Waals surface area contributed by atoms with Gasteiger partial charge in [0.15, 0.2) is 0 Å². The molecule has 36 heavy (non-hydrogen) atoms. The molecule has 1 saturated carbocycles. The van der Waals surface area contributed by atoms with E-state index in [1.807, 2.05) is 18.2 Å². The lowest BCUT2D eigenvalue weighted by Gasteiger charge is -2.33. The number of nitrogens with zero attached hydrogens (tertiary/aromatic N) is 1. The molecule has 6 heteroatoms. The van der Waals surface area contributed by atoms with E-state index in [0.29, 0.717) is 19.8 Å². The molecule has 1 aliphatic carbocycles. The fourth-order valence-electron chi connectivity index (χ4n) is 5.21. The predicted molar refractivity (Wildman–Crippen MR) is 147 cm³/mol. The van der Waals surface area contributed by atoms with Crippen LogP contribution in [0.1, 0.15) is 42.4 Å². The Hall–Kier alpha value is -2.44. The summed E-state index contributed by atoms with van der Waals surface area (Å²) in [6.45, 7) is 4.79. The van der Waals surface area contributed by atoms with Crippen LogP contribution in [0, 0.1) is 0 Å². The molecule has 1 N–H and O–H groups in total. The van der Waals surface area contributed by atoms with Gasteiger partial charge in [-0.25, -0.2) is 0 Å². The Morgan fingerprint density at radius 3 is 2.33 bits per heavy atom. The monoisotopic (exact) mass is 508 g/mol. The van der Waals surface area contributed by atoms with Crippen molar-refractivity contribution in [2.45, 2.75) is 50.3 Å². The number of benzene rings is 3. The molecule has 1 aliphatic heterocycles. The Balaban J connectivity index is 0.00000304. The number of ether oxygens (including phenoxy) is 2. The molecule has 0 atom stereocenters. The van der Waals surface area contributed by atoms with Gasteiger partial charge in [-0.05, 0) is 65.3 Å². The molecule has 1 heterocycles. The number of carbonyl (C=O) groups excluding carboxylic acids is 1. The lowest BCUT2D eigenvalue weighted by molar-refractivity contribution is -0.124. The van der Waals surface area contributed by atoms with Crippen molar-refractivity contribution in [3.8, 4) is 0 Å². The van der Waals surface area contributed by atoms with Gasteiger partial charge >= 0.3 is 0 Å². The van der Waals surface area contributed by atoms with Crippen molar-refractivity contribution in [2.75, 3.05) is 33.4 Å². The second-order valence-electron chi connectivity index (χ2n) is 10.0. The molecular formula is C30H37ClN2O3. The van der Waals surface area contributed by atoms with E-state index in [-0.39, 0.29) is 29.8 Å². The second kappa shape index (κ2) is 12.2. The highest BCUT2D eigenvalue weighted by molar-refractivity contribution is 5.91. The first-order valence-electron chi connectivity index (χ1n) is 12.8. The fourth-order valence-corrected chi connectivity index (χ4v) is 5.21. The molecule has 3 aromatic rings. The second-order valence-corrected chi connectivity index (χ2v) is 10.0. The van der Waals surface area contributed by atoms with Gasteiger partial charge in [0.25, 0.3) is 0 Å². The standard InChI is InChI=1S/C30H36N2O3.ClH/c1-34-17-18-35-22-24-8-10-25-9-7-23(19-26(25)20-24)21-32-15-11-28(12-16-32)31-29(33)30(13-14-30)27-5-3-2-4-6-27;/h2-10,19-20,28H,11-18,21-22H2,1H3,(H,31,33);1H. The number of hydrogen-bond acceptors (Lipinski definition) is 4. The quantitative estimate of drug-likeness (QED) is 0.381. The average Bonchev–Trinajstić information content (AvgIpc) is 3.71. The molecule has 5 rings (SSSR count). The maximum Gasteiger partial charge on any atom is 0.230 e. The summed E-state index contributed by atoms with van der Waals surface area (Å²) in [6, 6.07) is 23.8. The minimum absolute atomic E-state index is 0. The highest BCUT2D eigenvalue weighted by atomic mass is 35.5. The molecule has 3 aromatic carbocycles. The largest absolute Gasteiger partial charge is 0.382 e. The number of amides is 1. The number of methoxy groups -OCH3 is 1. The summed E-state index contributed by atoms with van der Waals surface area (Å²) in [5.41, 5.74) is 3.40. The van der Waals surface area contributed by atoms with Gasteiger partial charge in [-0.1, -0.05) is 54.6 Å². The van der Waals surface area contributed by atoms with Crippen molar-refractivity contribution in [3.05, 3.63) is 83.4 Å². The highest BCUT2D eigenvalue weighted by Gasteiger charge is 2.51. The molecule has 1 amide bonds. The van der Waals surface area contributed by atoms with Gasteiger partial charge in [-0.2, -0.15) is 0 Å². The lowest BCUT2D eigenvalue weighted by Crippen LogP contribution is -2.47. The normalized spacial score (nSPS) is 17.5.